The summed E-state index contributed by atoms with van der Waals surface area (Å²) in [5, 5.41) is 3.63. The van der Waals surface area contributed by atoms with Crippen molar-refractivity contribution >= 4 is 29.9 Å². The van der Waals surface area contributed by atoms with Crippen LogP contribution in [0.1, 0.15) is 48.5 Å². The zero-order valence-electron chi connectivity index (χ0n) is 14.8. The van der Waals surface area contributed by atoms with Crippen molar-refractivity contribution in [3.63, 3.8) is 0 Å². The minimum absolute atomic E-state index is 0. The van der Waals surface area contributed by atoms with Gasteiger partial charge in [0.25, 0.3) is 5.91 Å². The number of nitrogens with one attached hydrogen (secondary N) is 1. The van der Waals surface area contributed by atoms with E-state index in [0.717, 1.165) is 42.6 Å². The highest BCUT2D eigenvalue weighted by Gasteiger charge is 2.36. The number of nitrogens with zero attached hydrogens (tertiary/aromatic N) is 2. The highest BCUT2D eigenvalue weighted by atomic mass is 35.5. The molecular formula is C19H26ClN3O2. The maximum Gasteiger partial charge on any atom is 0.253 e. The van der Waals surface area contributed by atoms with E-state index in [0.29, 0.717) is 18.1 Å². The van der Waals surface area contributed by atoms with Crippen molar-refractivity contribution in [2.24, 2.45) is 0 Å². The fraction of sp³-hybridized carbons (Fsp3) is 0.579. The molecule has 1 N–H and O–H groups in total. The van der Waals surface area contributed by atoms with Gasteiger partial charge in [-0.25, -0.2) is 0 Å². The molecule has 136 valence electrons. The van der Waals surface area contributed by atoms with Crippen LogP contribution in [0.25, 0.3) is 0 Å². The van der Waals surface area contributed by atoms with E-state index in [1.165, 1.54) is 12.8 Å². The van der Waals surface area contributed by atoms with Gasteiger partial charge in [0, 0.05) is 49.9 Å². The second-order valence-corrected chi connectivity index (χ2v) is 7.44. The Morgan fingerprint density at radius 3 is 2.52 bits per heavy atom. The van der Waals surface area contributed by atoms with E-state index in [1.54, 1.807) is 11.8 Å². The average Bonchev–Trinajstić information content (AvgIpc) is 3.15. The number of anilines is 1. The first-order valence-corrected chi connectivity index (χ1v) is 8.97. The van der Waals surface area contributed by atoms with Gasteiger partial charge >= 0.3 is 0 Å². The van der Waals surface area contributed by atoms with Crippen molar-refractivity contribution in [2.75, 3.05) is 18.5 Å². The lowest BCUT2D eigenvalue weighted by molar-refractivity contribution is -0.116. The van der Waals surface area contributed by atoms with Gasteiger partial charge in [-0.3, -0.25) is 9.59 Å². The van der Waals surface area contributed by atoms with Crippen molar-refractivity contribution in [1.82, 2.24) is 10.2 Å². The fourth-order valence-electron chi connectivity index (χ4n) is 4.57. The predicted molar refractivity (Wildman–Crippen MR) is 100 cm³/mol. The summed E-state index contributed by atoms with van der Waals surface area (Å²) in [4.78, 5) is 28.3. The molecule has 2 unspecified atom stereocenters. The summed E-state index contributed by atoms with van der Waals surface area (Å²) in [5.74, 6) is 0.167. The smallest absolute Gasteiger partial charge is 0.253 e. The number of carbonyl (C=O) groups is 2. The van der Waals surface area contributed by atoms with Crippen molar-refractivity contribution in [2.45, 2.75) is 57.2 Å². The molecular weight excluding hydrogens is 338 g/mol. The summed E-state index contributed by atoms with van der Waals surface area (Å²) < 4.78 is 0. The summed E-state index contributed by atoms with van der Waals surface area (Å²) >= 11 is 0. The number of benzene rings is 1. The number of hydrogen-bond acceptors (Lipinski definition) is 3. The number of amides is 2. The lowest BCUT2D eigenvalue weighted by Crippen LogP contribution is -2.48. The van der Waals surface area contributed by atoms with Crippen LogP contribution in [0.2, 0.25) is 0 Å². The van der Waals surface area contributed by atoms with Crippen LogP contribution in [0.3, 0.4) is 0 Å². The van der Waals surface area contributed by atoms with Gasteiger partial charge in [0.2, 0.25) is 5.91 Å². The molecule has 25 heavy (non-hydrogen) atoms. The largest absolute Gasteiger partial charge is 0.339 e. The van der Waals surface area contributed by atoms with Crippen LogP contribution in [0.5, 0.6) is 0 Å². The molecule has 2 bridgehead atoms. The van der Waals surface area contributed by atoms with Crippen molar-refractivity contribution in [1.29, 1.82) is 0 Å². The zero-order chi connectivity index (χ0) is 16.8. The minimum atomic E-state index is 0. The zero-order valence-corrected chi connectivity index (χ0v) is 15.6. The Labute approximate surface area is 155 Å². The van der Waals surface area contributed by atoms with Crippen LogP contribution in [0, 0.1) is 0 Å². The van der Waals surface area contributed by atoms with Crippen molar-refractivity contribution in [3.05, 3.63) is 29.3 Å². The third-order valence-electron chi connectivity index (χ3n) is 5.92. The average molecular weight is 364 g/mol. The topological polar surface area (TPSA) is 52.7 Å². The van der Waals surface area contributed by atoms with Gasteiger partial charge in [0.05, 0.1) is 0 Å². The van der Waals surface area contributed by atoms with Crippen molar-refractivity contribution < 1.29 is 9.59 Å². The molecule has 0 spiro atoms. The Morgan fingerprint density at radius 1 is 1.20 bits per heavy atom. The Kier molecular flexibility index (Phi) is 5.07. The standard InChI is InChI=1S/C19H25N3O2.ClH/c1-12(23)22-8-7-13-9-14(3-6-18(13)22)19(24)21(2)17-10-15-4-5-16(11-17)20-15;/h3,6,9,15-17,20H,4-5,7-8,10-11H2,1-2H3;1H. The minimum Gasteiger partial charge on any atom is -0.339 e. The van der Waals surface area contributed by atoms with Crippen LogP contribution in [-0.2, 0) is 11.2 Å². The van der Waals surface area contributed by atoms with Crippen LogP contribution < -0.4 is 10.2 Å². The van der Waals surface area contributed by atoms with Gasteiger partial charge in [-0.2, -0.15) is 0 Å². The fourth-order valence-corrected chi connectivity index (χ4v) is 4.57. The Morgan fingerprint density at radius 2 is 1.88 bits per heavy atom. The van der Waals surface area contributed by atoms with E-state index < -0.39 is 0 Å². The molecule has 2 amide bonds. The highest BCUT2D eigenvalue weighted by molar-refractivity contribution is 5.98. The molecule has 3 aliphatic rings. The second kappa shape index (κ2) is 6.96. The van der Waals surface area contributed by atoms with Gasteiger partial charge in [-0.15, -0.1) is 12.4 Å². The lowest BCUT2D eigenvalue weighted by atomic mass is 9.97. The highest BCUT2D eigenvalue weighted by Crippen LogP contribution is 2.32. The third-order valence-corrected chi connectivity index (χ3v) is 5.92. The van der Waals surface area contributed by atoms with E-state index >= 15 is 0 Å². The lowest BCUT2D eigenvalue weighted by Gasteiger charge is -2.35. The Bertz CT molecular complexity index is 681. The van der Waals surface area contributed by atoms with Gasteiger partial charge in [-0.1, -0.05) is 0 Å². The van der Waals surface area contributed by atoms with Gasteiger partial charge < -0.3 is 15.1 Å². The molecule has 0 aromatic heterocycles. The number of hydrogen-bond donors (Lipinski definition) is 1. The Balaban J connectivity index is 0.00000182. The molecule has 0 radical (unpaired) electrons. The first-order valence-electron chi connectivity index (χ1n) is 8.97. The predicted octanol–water partition coefficient (Wildman–Crippen LogP) is 2.37. The molecule has 2 saturated heterocycles. The second-order valence-electron chi connectivity index (χ2n) is 7.44. The number of piperidine rings is 1. The molecule has 1 aromatic carbocycles. The number of carbonyl (C=O) groups excluding carboxylic acids is 2. The summed E-state index contributed by atoms with van der Waals surface area (Å²) in [5.41, 5.74) is 2.81. The van der Waals surface area contributed by atoms with Crippen LogP contribution >= 0.6 is 12.4 Å². The molecule has 3 aliphatic heterocycles. The molecule has 4 rings (SSSR count). The maximum atomic E-state index is 12.9. The van der Waals surface area contributed by atoms with Crippen molar-refractivity contribution in [3.8, 4) is 0 Å². The van der Waals surface area contributed by atoms with Crippen LogP contribution in [0.4, 0.5) is 5.69 Å². The van der Waals surface area contributed by atoms with E-state index in [2.05, 4.69) is 5.32 Å². The molecule has 3 heterocycles. The molecule has 5 nitrogen and oxygen atoms in total. The molecule has 2 fully saturated rings. The van der Waals surface area contributed by atoms with Crippen LogP contribution in [0.15, 0.2) is 18.2 Å². The quantitative estimate of drug-likeness (QED) is 0.877. The van der Waals surface area contributed by atoms with Gasteiger partial charge in [-0.05, 0) is 55.9 Å². The maximum absolute atomic E-state index is 12.9. The Hall–Kier alpha value is -1.59. The molecule has 6 heteroatoms. The number of fused-ring (bicyclic) bond motifs is 3. The third kappa shape index (κ3) is 3.27. The number of halogens is 1. The molecule has 0 aliphatic carbocycles. The van der Waals surface area contributed by atoms with E-state index in [-0.39, 0.29) is 24.2 Å². The monoisotopic (exact) mass is 363 g/mol. The SMILES string of the molecule is CC(=O)N1CCc2cc(C(=O)N(C)C3CC4CCC(C3)N4)ccc21.Cl. The first kappa shape index (κ1) is 18.2. The molecule has 0 saturated carbocycles. The van der Waals surface area contributed by atoms with E-state index in [9.17, 15) is 9.59 Å². The normalized spacial score (nSPS) is 26.8. The molecule has 1 aromatic rings. The van der Waals surface area contributed by atoms with Crippen LogP contribution in [-0.4, -0.2) is 48.4 Å². The van der Waals surface area contributed by atoms with E-state index in [4.69, 9.17) is 0 Å². The molecule has 2 atom stereocenters. The summed E-state index contributed by atoms with van der Waals surface area (Å²) in [6.45, 7) is 2.31. The van der Waals surface area contributed by atoms with Gasteiger partial charge in [0.1, 0.15) is 0 Å². The van der Waals surface area contributed by atoms with E-state index in [1.807, 2.05) is 30.1 Å². The summed E-state index contributed by atoms with van der Waals surface area (Å²) in [6, 6.07) is 7.26. The summed E-state index contributed by atoms with van der Waals surface area (Å²) in [7, 11) is 1.94. The summed E-state index contributed by atoms with van der Waals surface area (Å²) in [6.07, 6.45) is 5.42. The first-order chi connectivity index (χ1) is 11.5. The van der Waals surface area contributed by atoms with Gasteiger partial charge in [0.15, 0.2) is 0 Å². The number of rotatable bonds is 2.